The third kappa shape index (κ3) is 6.78. The van der Waals surface area contributed by atoms with Crippen LogP contribution in [0.15, 0.2) is 15.3 Å². The molecule has 1 N–H and O–H groups in total. The van der Waals surface area contributed by atoms with E-state index >= 15 is 0 Å². The van der Waals surface area contributed by atoms with Gasteiger partial charge in [0.2, 0.25) is 0 Å². The van der Waals surface area contributed by atoms with Gasteiger partial charge in [-0.2, -0.15) is 10.2 Å². The van der Waals surface area contributed by atoms with E-state index < -0.39 is 11.6 Å². The second-order valence-corrected chi connectivity index (χ2v) is 4.67. The van der Waals surface area contributed by atoms with Crippen LogP contribution in [-0.2, 0) is 4.79 Å². The Bertz CT molecular complexity index is 327. The molecule has 90 valence electrons. The summed E-state index contributed by atoms with van der Waals surface area (Å²) in [5, 5.41) is 20.0. The minimum Gasteiger partial charge on any atom is -0.481 e. The van der Waals surface area contributed by atoms with Crippen LogP contribution >= 0.6 is 0 Å². The van der Waals surface area contributed by atoms with Crippen molar-refractivity contribution in [2.45, 2.75) is 51.7 Å². The Morgan fingerprint density at radius 2 is 1.88 bits per heavy atom. The Morgan fingerprint density at radius 3 is 2.25 bits per heavy atom. The fourth-order valence-corrected chi connectivity index (χ4v) is 0.818. The maximum Gasteiger partial charge on any atom is 0.303 e. The van der Waals surface area contributed by atoms with Gasteiger partial charge in [0.05, 0.1) is 5.54 Å². The standard InChI is InChI=1S/C9H17N5O2/c1-8(2,3)11-12-9(4,13-14-10)6-5-7(15)16/h5-6H2,1-4H3,(H,15,16). The average Bonchev–Trinajstić information content (AvgIpc) is 2.12. The van der Waals surface area contributed by atoms with Gasteiger partial charge in [-0.05, 0) is 39.6 Å². The summed E-state index contributed by atoms with van der Waals surface area (Å²) in [5.74, 6) is -0.953. The number of carboxylic acids is 1. The van der Waals surface area contributed by atoms with Crippen molar-refractivity contribution in [3.8, 4) is 0 Å². The highest BCUT2D eigenvalue weighted by molar-refractivity contribution is 5.66. The third-order valence-corrected chi connectivity index (χ3v) is 1.64. The molecule has 0 saturated carbocycles. The molecule has 1 unspecified atom stereocenters. The molecule has 0 bridgehead atoms. The van der Waals surface area contributed by atoms with Gasteiger partial charge in [-0.1, -0.05) is 5.11 Å². The van der Waals surface area contributed by atoms with Crippen LogP contribution in [0.25, 0.3) is 10.4 Å². The van der Waals surface area contributed by atoms with Crippen molar-refractivity contribution in [3.05, 3.63) is 10.4 Å². The van der Waals surface area contributed by atoms with Crippen molar-refractivity contribution in [2.75, 3.05) is 0 Å². The molecule has 0 aliphatic carbocycles. The van der Waals surface area contributed by atoms with Crippen molar-refractivity contribution in [1.82, 2.24) is 0 Å². The van der Waals surface area contributed by atoms with E-state index in [2.05, 4.69) is 20.3 Å². The van der Waals surface area contributed by atoms with Crippen LogP contribution in [0.3, 0.4) is 0 Å². The van der Waals surface area contributed by atoms with E-state index in [1.165, 1.54) is 0 Å². The van der Waals surface area contributed by atoms with Crippen LogP contribution in [-0.4, -0.2) is 22.3 Å². The molecule has 0 aromatic rings. The first kappa shape index (κ1) is 14.4. The van der Waals surface area contributed by atoms with Crippen LogP contribution in [0, 0.1) is 0 Å². The van der Waals surface area contributed by atoms with Crippen molar-refractivity contribution in [2.24, 2.45) is 15.3 Å². The molecule has 16 heavy (non-hydrogen) atoms. The van der Waals surface area contributed by atoms with Crippen LogP contribution in [0.5, 0.6) is 0 Å². The third-order valence-electron chi connectivity index (χ3n) is 1.64. The van der Waals surface area contributed by atoms with Gasteiger partial charge in [-0.3, -0.25) is 4.79 Å². The zero-order valence-corrected chi connectivity index (χ0v) is 10.0. The summed E-state index contributed by atoms with van der Waals surface area (Å²) in [5.41, 5.74) is 6.90. The molecule has 1 atom stereocenters. The number of carboxylic acid groups (broad SMARTS) is 1. The van der Waals surface area contributed by atoms with E-state index in [0.717, 1.165) is 0 Å². The molecule has 0 heterocycles. The van der Waals surface area contributed by atoms with Gasteiger partial charge < -0.3 is 5.11 Å². The van der Waals surface area contributed by atoms with E-state index in [1.807, 2.05) is 20.8 Å². The Balaban J connectivity index is 4.76. The van der Waals surface area contributed by atoms with E-state index in [1.54, 1.807) is 6.92 Å². The highest BCUT2D eigenvalue weighted by atomic mass is 16.4. The first-order valence-corrected chi connectivity index (χ1v) is 4.91. The van der Waals surface area contributed by atoms with Gasteiger partial charge in [0.15, 0.2) is 5.66 Å². The quantitative estimate of drug-likeness (QED) is 0.442. The van der Waals surface area contributed by atoms with Crippen molar-refractivity contribution in [3.63, 3.8) is 0 Å². The lowest BCUT2D eigenvalue weighted by Gasteiger charge is -2.19. The highest BCUT2D eigenvalue weighted by Gasteiger charge is 2.24. The normalized spacial score (nSPS) is 15.5. The van der Waals surface area contributed by atoms with Gasteiger partial charge >= 0.3 is 5.97 Å². The van der Waals surface area contributed by atoms with Gasteiger partial charge in [-0.25, -0.2) is 0 Å². The number of rotatable bonds is 5. The average molecular weight is 227 g/mol. The summed E-state index contributed by atoms with van der Waals surface area (Å²) in [6.07, 6.45) is 0.0185. The molecular formula is C9H17N5O2. The summed E-state index contributed by atoms with van der Waals surface area (Å²) in [4.78, 5) is 13.1. The van der Waals surface area contributed by atoms with Crippen molar-refractivity contribution in [1.29, 1.82) is 0 Å². The smallest absolute Gasteiger partial charge is 0.303 e. The lowest BCUT2D eigenvalue weighted by molar-refractivity contribution is -0.137. The first-order valence-electron chi connectivity index (χ1n) is 4.91. The Morgan fingerprint density at radius 1 is 1.31 bits per heavy atom. The molecule has 0 fully saturated rings. The molecule has 7 heteroatoms. The molecule has 0 spiro atoms. The number of nitrogens with zero attached hydrogens (tertiary/aromatic N) is 5. The number of hydrogen-bond acceptors (Lipinski definition) is 4. The number of aliphatic carboxylic acids is 1. The van der Waals surface area contributed by atoms with Gasteiger partial charge in [0, 0.05) is 11.3 Å². The predicted molar refractivity (Wildman–Crippen MR) is 59.0 cm³/mol. The zero-order chi connectivity index (χ0) is 12.8. The maximum atomic E-state index is 10.4. The molecule has 0 aromatic heterocycles. The lowest BCUT2D eigenvalue weighted by atomic mass is 10.1. The summed E-state index contributed by atoms with van der Waals surface area (Å²) >= 11 is 0. The molecule has 0 amide bonds. The van der Waals surface area contributed by atoms with Crippen LogP contribution < -0.4 is 0 Å². The van der Waals surface area contributed by atoms with E-state index in [4.69, 9.17) is 10.6 Å². The minimum absolute atomic E-state index is 0.112. The van der Waals surface area contributed by atoms with Crippen LogP contribution in [0.1, 0.15) is 40.5 Å². The fourth-order valence-electron chi connectivity index (χ4n) is 0.818. The summed E-state index contributed by atoms with van der Waals surface area (Å²) in [6, 6.07) is 0. The number of azo groups is 1. The largest absolute Gasteiger partial charge is 0.481 e. The van der Waals surface area contributed by atoms with Gasteiger partial charge in [-0.15, -0.1) is 0 Å². The van der Waals surface area contributed by atoms with Crippen molar-refractivity contribution >= 4 is 5.97 Å². The van der Waals surface area contributed by atoms with Gasteiger partial charge in [0.1, 0.15) is 0 Å². The molecule has 0 aliphatic heterocycles. The second kappa shape index (κ2) is 5.46. The topological polar surface area (TPSA) is 111 Å². The fraction of sp³-hybridized carbons (Fsp3) is 0.889. The molecule has 0 rings (SSSR count). The maximum absolute atomic E-state index is 10.4. The SMILES string of the molecule is CC(C)(C)N=NC(C)(CCC(=O)O)N=[N+]=[N-]. The first-order chi connectivity index (χ1) is 7.18. The van der Waals surface area contributed by atoms with Gasteiger partial charge in [0.25, 0.3) is 0 Å². The predicted octanol–water partition coefficient (Wildman–Crippen LogP) is 3.13. The van der Waals surface area contributed by atoms with Crippen LogP contribution in [0.4, 0.5) is 0 Å². The summed E-state index contributed by atoms with van der Waals surface area (Å²) < 4.78 is 0. The molecule has 0 radical (unpaired) electrons. The monoisotopic (exact) mass is 227 g/mol. The minimum atomic E-state index is -1.12. The molecule has 0 aliphatic rings. The lowest BCUT2D eigenvalue weighted by Crippen LogP contribution is -2.21. The highest BCUT2D eigenvalue weighted by Crippen LogP contribution is 2.22. The molecule has 0 aromatic carbocycles. The number of hydrogen-bond donors (Lipinski definition) is 1. The Kier molecular flexibility index (Phi) is 4.91. The summed E-state index contributed by atoms with van der Waals surface area (Å²) in [6.45, 7) is 7.11. The van der Waals surface area contributed by atoms with E-state index in [0.29, 0.717) is 0 Å². The summed E-state index contributed by atoms with van der Waals surface area (Å²) in [7, 11) is 0. The zero-order valence-electron chi connectivity index (χ0n) is 10.0. The number of carbonyl (C=O) groups is 1. The second-order valence-electron chi connectivity index (χ2n) is 4.67. The molecule has 0 saturated heterocycles. The van der Waals surface area contributed by atoms with E-state index in [9.17, 15) is 4.79 Å². The molecular weight excluding hydrogens is 210 g/mol. The Hall–Kier alpha value is -1.62. The Labute approximate surface area is 94.2 Å². The van der Waals surface area contributed by atoms with Crippen LogP contribution in [0.2, 0.25) is 0 Å². The number of azide groups is 1. The van der Waals surface area contributed by atoms with E-state index in [-0.39, 0.29) is 18.4 Å². The molecule has 7 nitrogen and oxygen atoms in total. The van der Waals surface area contributed by atoms with Crippen molar-refractivity contribution < 1.29 is 9.90 Å².